The topological polar surface area (TPSA) is 87.0 Å². The van der Waals surface area contributed by atoms with Crippen LogP contribution in [0.25, 0.3) is 0 Å². The highest BCUT2D eigenvalue weighted by Crippen LogP contribution is 2.34. The van der Waals surface area contributed by atoms with Crippen molar-refractivity contribution in [3.05, 3.63) is 83.5 Å². The second kappa shape index (κ2) is 10.0. The van der Waals surface area contributed by atoms with E-state index in [1.807, 2.05) is 48.6 Å². The van der Waals surface area contributed by atoms with Crippen LogP contribution in [0.15, 0.2) is 66.8 Å². The van der Waals surface area contributed by atoms with Crippen LogP contribution >= 0.6 is 0 Å². The van der Waals surface area contributed by atoms with Crippen LogP contribution in [-0.2, 0) is 22.4 Å². The molecule has 5 heteroatoms. The van der Waals surface area contributed by atoms with Gasteiger partial charge in [0, 0.05) is 12.5 Å². The van der Waals surface area contributed by atoms with E-state index in [0.717, 1.165) is 24.5 Å². The molecule has 0 aliphatic carbocycles. The molecule has 0 unspecified atom stereocenters. The number of carbonyl (C=O) groups is 1. The molecule has 3 rings (SSSR count). The van der Waals surface area contributed by atoms with Gasteiger partial charge in [0.2, 0.25) is 0 Å². The van der Waals surface area contributed by atoms with Crippen LogP contribution in [0.4, 0.5) is 0 Å². The number of fused-ring (bicyclic) bond motifs is 1. The number of phenols is 2. The molecule has 0 saturated heterocycles. The minimum atomic E-state index is -1.42. The fourth-order valence-corrected chi connectivity index (χ4v) is 3.45. The molecule has 1 heterocycles. The minimum Gasteiger partial charge on any atom is -0.508 e. The lowest BCUT2D eigenvalue weighted by Gasteiger charge is -2.23. The molecule has 0 radical (unpaired) electrons. The zero-order chi connectivity index (χ0) is 20.6. The Balaban J connectivity index is 1.92. The quantitative estimate of drug-likeness (QED) is 0.667. The van der Waals surface area contributed by atoms with Gasteiger partial charge in [-0.15, -0.1) is 0 Å². The molecule has 2 atom stereocenters. The second-order valence-corrected chi connectivity index (χ2v) is 7.17. The third kappa shape index (κ3) is 6.04. The highest BCUT2D eigenvalue weighted by atomic mass is 16.6. The fraction of sp³-hybridized carbons (Fsp3) is 0.292. The number of aliphatic hydroxyl groups excluding tert-OH is 1. The van der Waals surface area contributed by atoms with Crippen LogP contribution < -0.4 is 0 Å². The minimum absolute atomic E-state index is 0.0482. The largest absolute Gasteiger partial charge is 0.508 e. The van der Waals surface area contributed by atoms with Crippen molar-refractivity contribution in [3.63, 3.8) is 0 Å². The average molecular weight is 394 g/mol. The maximum absolute atomic E-state index is 12.3. The third-order valence-corrected chi connectivity index (χ3v) is 4.84. The molecule has 1 aliphatic heterocycles. The van der Waals surface area contributed by atoms with Crippen LogP contribution in [0.5, 0.6) is 11.5 Å². The highest BCUT2D eigenvalue weighted by Gasteiger charge is 2.23. The summed E-state index contributed by atoms with van der Waals surface area (Å²) in [6, 6.07) is 12.4. The number of phenolic OH excluding ortho intramolecular Hbond substituents is 2. The van der Waals surface area contributed by atoms with Gasteiger partial charge in [0.1, 0.15) is 11.5 Å². The van der Waals surface area contributed by atoms with E-state index in [4.69, 9.17) is 4.74 Å². The maximum atomic E-state index is 12.3. The first-order valence-corrected chi connectivity index (χ1v) is 9.79. The van der Waals surface area contributed by atoms with E-state index in [-0.39, 0.29) is 35.4 Å². The number of benzene rings is 2. The molecule has 0 aromatic heterocycles. The number of ketones is 1. The first-order chi connectivity index (χ1) is 14.0. The molecule has 3 N–H and O–H groups in total. The second-order valence-electron chi connectivity index (χ2n) is 7.17. The van der Waals surface area contributed by atoms with Crippen LogP contribution in [0.3, 0.4) is 0 Å². The first kappa shape index (κ1) is 20.8. The van der Waals surface area contributed by atoms with Crippen molar-refractivity contribution in [2.24, 2.45) is 0 Å². The van der Waals surface area contributed by atoms with Crippen molar-refractivity contribution in [2.75, 3.05) is 0 Å². The molecule has 2 aromatic carbocycles. The Bertz CT molecular complexity index is 886. The predicted octanol–water partition coefficient (Wildman–Crippen LogP) is 4.12. The van der Waals surface area contributed by atoms with E-state index in [1.165, 1.54) is 12.1 Å². The van der Waals surface area contributed by atoms with Crippen molar-refractivity contribution in [3.8, 4) is 11.5 Å². The summed E-state index contributed by atoms with van der Waals surface area (Å²) in [6.07, 6.45) is 8.31. The molecule has 0 bridgehead atoms. The number of carbonyl (C=O) groups excluding carboxylic acids is 1. The van der Waals surface area contributed by atoms with Gasteiger partial charge in [-0.05, 0) is 49.0 Å². The lowest BCUT2D eigenvalue weighted by Crippen LogP contribution is -2.20. The maximum Gasteiger partial charge on any atom is 0.185 e. The number of ether oxygens (including phenoxy) is 1. The zero-order valence-corrected chi connectivity index (χ0v) is 16.2. The summed E-state index contributed by atoms with van der Waals surface area (Å²) in [4.78, 5) is 12.3. The molecule has 1 aliphatic rings. The Morgan fingerprint density at radius 1 is 1.00 bits per heavy atom. The Labute approximate surface area is 170 Å². The van der Waals surface area contributed by atoms with Gasteiger partial charge in [-0.1, -0.05) is 48.6 Å². The summed E-state index contributed by atoms with van der Waals surface area (Å²) >= 11 is 0. The van der Waals surface area contributed by atoms with E-state index in [9.17, 15) is 20.1 Å². The average Bonchev–Trinajstić information content (AvgIpc) is 2.66. The van der Waals surface area contributed by atoms with Crippen molar-refractivity contribution in [1.29, 1.82) is 0 Å². The number of hydrogen-bond acceptors (Lipinski definition) is 5. The molecule has 5 nitrogen and oxygen atoms in total. The standard InChI is InChI=1S/C24H26O5/c25-19-11-7-2-1-3-8-12-21(13-17-9-5-4-6-10-17)29-24(28)23-18(14-19)15-20(26)16-22(23)27/h3-11,15-16,21,24,26-28H,1-2,12-14H2/b8-3+,11-7+/t21-,24+/m0/s1. The molecular formula is C24H26O5. The summed E-state index contributed by atoms with van der Waals surface area (Å²) in [6.45, 7) is 0. The molecule has 0 spiro atoms. The molecule has 152 valence electrons. The third-order valence-electron chi connectivity index (χ3n) is 4.84. The fourth-order valence-electron chi connectivity index (χ4n) is 3.45. The van der Waals surface area contributed by atoms with Crippen molar-refractivity contribution < 1.29 is 24.9 Å². The summed E-state index contributed by atoms with van der Waals surface area (Å²) < 4.78 is 5.91. The van der Waals surface area contributed by atoms with Crippen molar-refractivity contribution in [1.82, 2.24) is 0 Å². The lowest BCUT2D eigenvalue weighted by molar-refractivity contribution is -0.139. The monoisotopic (exact) mass is 394 g/mol. The van der Waals surface area contributed by atoms with Crippen molar-refractivity contribution in [2.45, 2.75) is 44.5 Å². The van der Waals surface area contributed by atoms with Crippen molar-refractivity contribution >= 4 is 5.78 Å². The summed E-state index contributed by atoms with van der Waals surface area (Å²) in [5.74, 6) is -0.647. The number of allylic oxidation sites excluding steroid dienone is 3. The smallest absolute Gasteiger partial charge is 0.185 e. The van der Waals surface area contributed by atoms with Gasteiger partial charge < -0.3 is 20.1 Å². The molecule has 29 heavy (non-hydrogen) atoms. The predicted molar refractivity (Wildman–Crippen MR) is 111 cm³/mol. The molecule has 0 saturated carbocycles. The summed E-state index contributed by atoms with van der Waals surface area (Å²) in [5.41, 5.74) is 1.53. The highest BCUT2D eigenvalue weighted by molar-refractivity contribution is 5.91. The lowest BCUT2D eigenvalue weighted by atomic mass is 9.99. The van der Waals surface area contributed by atoms with E-state index < -0.39 is 6.29 Å². The number of aliphatic hydroxyl groups is 1. The molecular weight excluding hydrogens is 368 g/mol. The zero-order valence-electron chi connectivity index (χ0n) is 16.2. The Morgan fingerprint density at radius 3 is 2.55 bits per heavy atom. The number of aromatic hydroxyl groups is 2. The normalized spacial score (nSPS) is 23.0. The van der Waals surface area contributed by atoms with Gasteiger partial charge in [-0.2, -0.15) is 0 Å². The summed E-state index contributed by atoms with van der Waals surface area (Å²) in [5, 5.41) is 30.9. The van der Waals surface area contributed by atoms with Gasteiger partial charge in [0.05, 0.1) is 11.7 Å². The Kier molecular flexibility index (Phi) is 7.22. The van der Waals surface area contributed by atoms with E-state index in [2.05, 4.69) is 0 Å². The van der Waals surface area contributed by atoms with Crippen LogP contribution in [0.2, 0.25) is 0 Å². The van der Waals surface area contributed by atoms with Crippen LogP contribution in [-0.4, -0.2) is 27.2 Å². The van der Waals surface area contributed by atoms with Crippen LogP contribution in [0.1, 0.15) is 42.2 Å². The molecule has 0 fully saturated rings. The first-order valence-electron chi connectivity index (χ1n) is 9.79. The summed E-state index contributed by atoms with van der Waals surface area (Å²) in [7, 11) is 0. The van der Waals surface area contributed by atoms with Gasteiger partial charge in [0.15, 0.2) is 12.1 Å². The Hall–Kier alpha value is -2.89. The van der Waals surface area contributed by atoms with Crippen LogP contribution in [0, 0.1) is 0 Å². The van der Waals surface area contributed by atoms with E-state index in [1.54, 1.807) is 0 Å². The van der Waals surface area contributed by atoms with Gasteiger partial charge in [-0.25, -0.2) is 0 Å². The van der Waals surface area contributed by atoms with E-state index in [0.29, 0.717) is 18.4 Å². The molecule has 2 aromatic rings. The number of rotatable bonds is 2. The number of hydrogen-bond donors (Lipinski definition) is 3. The van der Waals surface area contributed by atoms with Gasteiger partial charge >= 0.3 is 0 Å². The Morgan fingerprint density at radius 2 is 1.76 bits per heavy atom. The SMILES string of the molecule is O=C1/C=C/CC/C=C/C[C@@H](Cc2ccccc2)O[C@@H](O)c2c(O)cc(O)cc2C1. The molecule has 0 amide bonds. The van der Waals surface area contributed by atoms with Gasteiger partial charge in [-0.3, -0.25) is 4.79 Å². The van der Waals surface area contributed by atoms with Gasteiger partial charge in [0.25, 0.3) is 0 Å². The van der Waals surface area contributed by atoms with E-state index >= 15 is 0 Å².